The van der Waals surface area contributed by atoms with Crippen molar-refractivity contribution in [3.8, 4) is 34.5 Å². The Bertz CT molecular complexity index is 2230. The lowest BCUT2D eigenvalue weighted by Gasteiger charge is -2.47. The van der Waals surface area contributed by atoms with Crippen molar-refractivity contribution in [1.82, 2.24) is 9.80 Å². The summed E-state index contributed by atoms with van der Waals surface area (Å²) in [6, 6.07) is 27.0. The van der Waals surface area contributed by atoms with Gasteiger partial charge in [0.15, 0.2) is 23.0 Å². The van der Waals surface area contributed by atoms with Crippen molar-refractivity contribution in [2.75, 3.05) is 54.1 Å². The van der Waals surface area contributed by atoms with E-state index >= 15 is 0 Å². The van der Waals surface area contributed by atoms with Crippen LogP contribution in [0.2, 0.25) is 0 Å². The fraction of sp³-hybridized carbons (Fsp3) is 0.500. The highest BCUT2D eigenvalue weighted by Gasteiger charge is 2.46. The van der Waals surface area contributed by atoms with Crippen molar-refractivity contribution in [1.29, 1.82) is 0 Å². The van der Waals surface area contributed by atoms with E-state index in [-0.39, 0.29) is 59.8 Å². The zero-order chi connectivity index (χ0) is 45.6. The van der Waals surface area contributed by atoms with Gasteiger partial charge < -0.3 is 48.1 Å². The number of hydrogen-bond donors (Lipinski definition) is 1. The predicted molar refractivity (Wildman–Crippen MR) is 246 cm³/mol. The number of piperidine rings is 2. The van der Waals surface area contributed by atoms with Crippen LogP contribution in [0.1, 0.15) is 117 Å². The summed E-state index contributed by atoms with van der Waals surface area (Å²) in [4.78, 5) is 30.2. The van der Waals surface area contributed by atoms with Crippen molar-refractivity contribution in [2.45, 2.75) is 114 Å². The molecule has 2 fully saturated rings. The lowest BCUT2D eigenvalue weighted by molar-refractivity contribution is -0.0362. The van der Waals surface area contributed by atoms with Crippen LogP contribution in [0.5, 0.6) is 34.5 Å². The lowest BCUT2D eigenvalue weighted by Crippen LogP contribution is -2.52. The highest BCUT2D eigenvalue weighted by molar-refractivity contribution is 5.95. The summed E-state index contributed by atoms with van der Waals surface area (Å²) in [6.07, 6.45) is 4.92. The molecule has 0 bridgehead atoms. The Kier molecular flexibility index (Phi) is 14.7. The first-order chi connectivity index (χ1) is 30.8. The number of likely N-dealkylation sites (tertiary alicyclic amines) is 2. The number of nitrogens with zero attached hydrogens (tertiary/aromatic N) is 2. The van der Waals surface area contributed by atoms with E-state index in [1.165, 1.54) is 5.56 Å². The average molecular weight is 879 g/mol. The largest absolute Gasteiger partial charge is 0.493 e. The Morgan fingerprint density at radius 3 is 1.50 bits per heavy atom. The maximum absolute atomic E-state index is 13.3. The normalized spacial score (nSPS) is 19.9. The molecule has 3 unspecified atom stereocenters. The van der Waals surface area contributed by atoms with Gasteiger partial charge in [0.25, 0.3) is 11.8 Å². The Morgan fingerprint density at radius 2 is 1.06 bits per heavy atom. The summed E-state index contributed by atoms with van der Waals surface area (Å²) in [7, 11) is 4.94. The SMILES string of the molecule is COc1cc(C(=O)N2CCC3(CC2)CC(C(C)OC)c2ccccc2O3)ccc1OC(C)C.COc1cc(C(=O)N2CCC3(CC2)CC(CO)c2ccccc2O3)ccc1OC(C)C. The molecule has 64 heavy (non-hydrogen) atoms. The van der Waals surface area contributed by atoms with Crippen LogP contribution in [0, 0.1) is 0 Å². The maximum atomic E-state index is 13.3. The molecule has 12 heteroatoms. The number of amides is 2. The lowest BCUT2D eigenvalue weighted by atomic mass is 9.75. The Morgan fingerprint density at radius 1 is 0.625 bits per heavy atom. The van der Waals surface area contributed by atoms with Crippen molar-refractivity contribution in [2.24, 2.45) is 0 Å². The monoisotopic (exact) mass is 878 g/mol. The molecule has 4 aromatic rings. The molecule has 4 aliphatic heterocycles. The van der Waals surface area contributed by atoms with Gasteiger partial charge in [-0.25, -0.2) is 0 Å². The van der Waals surface area contributed by atoms with Crippen LogP contribution < -0.4 is 28.4 Å². The number of fused-ring (bicyclic) bond motifs is 2. The summed E-state index contributed by atoms with van der Waals surface area (Å²) < 4.78 is 41.2. The minimum atomic E-state index is -0.328. The van der Waals surface area contributed by atoms with Crippen molar-refractivity contribution in [3.05, 3.63) is 107 Å². The highest BCUT2D eigenvalue weighted by atomic mass is 16.5. The van der Waals surface area contributed by atoms with Crippen molar-refractivity contribution < 1.29 is 47.9 Å². The second-order valence-electron chi connectivity index (χ2n) is 18.1. The van der Waals surface area contributed by atoms with Crippen molar-refractivity contribution in [3.63, 3.8) is 0 Å². The summed E-state index contributed by atoms with van der Waals surface area (Å²) in [5.74, 6) is 4.57. The highest BCUT2D eigenvalue weighted by Crippen LogP contribution is 2.48. The minimum absolute atomic E-state index is 0.0114. The molecule has 3 atom stereocenters. The number of ether oxygens (including phenoxy) is 7. The zero-order valence-corrected chi connectivity index (χ0v) is 38.8. The van der Waals surface area contributed by atoms with Crippen LogP contribution in [0.3, 0.4) is 0 Å². The molecule has 344 valence electrons. The van der Waals surface area contributed by atoms with Crippen LogP contribution in [-0.4, -0.2) is 110 Å². The summed E-state index contributed by atoms with van der Waals surface area (Å²) in [6.45, 7) is 12.6. The predicted octanol–water partition coefficient (Wildman–Crippen LogP) is 9.07. The van der Waals surface area contributed by atoms with Gasteiger partial charge in [-0.3, -0.25) is 9.59 Å². The van der Waals surface area contributed by atoms with E-state index in [1.807, 2.05) is 80.0 Å². The Hall–Kier alpha value is -5.46. The molecule has 12 nitrogen and oxygen atoms in total. The molecule has 2 amide bonds. The fourth-order valence-corrected chi connectivity index (χ4v) is 9.67. The standard InChI is InChI=1S/C27H35NO5.C25H31NO5/c1-18(2)32-24-11-10-20(16-25(24)31-5)26(29)28-14-12-27(13-15-28)17-22(19(3)30-4)21-8-6-7-9-23(21)33-27;1-17(2)30-22-9-8-18(14-23(22)29-3)24(28)26-12-10-25(11-13-26)15-19(16-27)20-6-4-5-7-21(20)31-25/h6-11,16,18-19,22H,12-15,17H2,1-5H3;4-9,14,17,19,27H,10-13,15-16H2,1-3H3. The summed E-state index contributed by atoms with van der Waals surface area (Å²) >= 11 is 0. The van der Waals surface area contributed by atoms with Gasteiger partial charge >= 0.3 is 0 Å². The van der Waals surface area contributed by atoms with Gasteiger partial charge in [-0.2, -0.15) is 0 Å². The fourth-order valence-electron chi connectivity index (χ4n) is 9.67. The molecule has 2 spiro atoms. The molecule has 0 radical (unpaired) electrons. The Labute approximate surface area is 378 Å². The van der Waals surface area contributed by atoms with E-state index in [9.17, 15) is 14.7 Å². The van der Waals surface area contributed by atoms with Gasteiger partial charge in [-0.15, -0.1) is 0 Å². The summed E-state index contributed by atoms with van der Waals surface area (Å²) in [5.41, 5.74) is 2.89. The number of methoxy groups -OCH3 is 3. The quantitative estimate of drug-likeness (QED) is 0.156. The Balaban J connectivity index is 0.000000192. The third-order valence-corrected chi connectivity index (χ3v) is 13.2. The molecule has 4 aliphatic rings. The van der Waals surface area contributed by atoms with Crippen molar-refractivity contribution >= 4 is 11.8 Å². The third-order valence-electron chi connectivity index (χ3n) is 13.2. The molecule has 0 aromatic heterocycles. The first-order valence-corrected chi connectivity index (χ1v) is 22.8. The van der Waals surface area contributed by atoms with Gasteiger partial charge in [0.05, 0.1) is 39.1 Å². The van der Waals surface area contributed by atoms with E-state index in [0.29, 0.717) is 60.3 Å². The molecule has 8 rings (SSSR count). The van der Waals surface area contributed by atoms with Gasteiger partial charge in [0.1, 0.15) is 22.7 Å². The molecular formula is C52H66N2O10. The molecule has 1 N–H and O–H groups in total. The van der Waals surface area contributed by atoms with E-state index < -0.39 is 0 Å². The molecule has 2 saturated heterocycles. The average Bonchev–Trinajstić information content (AvgIpc) is 3.31. The van der Waals surface area contributed by atoms with Gasteiger partial charge in [0, 0.05) is 81.9 Å². The first-order valence-electron chi connectivity index (χ1n) is 22.8. The number of aliphatic hydroxyl groups is 1. The third kappa shape index (κ3) is 10.2. The van der Waals surface area contributed by atoms with Gasteiger partial charge in [-0.1, -0.05) is 36.4 Å². The van der Waals surface area contributed by atoms with Crippen LogP contribution in [-0.2, 0) is 4.74 Å². The number of hydrogen-bond acceptors (Lipinski definition) is 10. The molecule has 0 saturated carbocycles. The van der Waals surface area contributed by atoms with E-state index in [2.05, 4.69) is 25.1 Å². The molecule has 4 heterocycles. The second kappa shape index (κ2) is 20.2. The smallest absolute Gasteiger partial charge is 0.253 e. The maximum Gasteiger partial charge on any atom is 0.253 e. The molecular weight excluding hydrogens is 813 g/mol. The zero-order valence-electron chi connectivity index (χ0n) is 38.8. The molecule has 0 aliphatic carbocycles. The number of carbonyl (C=O) groups excluding carboxylic acids is 2. The first kappa shape index (κ1) is 46.5. The van der Waals surface area contributed by atoms with Gasteiger partial charge in [0.2, 0.25) is 0 Å². The van der Waals surface area contributed by atoms with E-state index in [0.717, 1.165) is 55.6 Å². The van der Waals surface area contributed by atoms with Crippen LogP contribution in [0.15, 0.2) is 84.9 Å². The van der Waals surface area contributed by atoms with Gasteiger partial charge in [-0.05, 0) is 107 Å². The second-order valence-corrected chi connectivity index (χ2v) is 18.1. The number of para-hydroxylation sites is 2. The number of benzene rings is 4. The number of carbonyl (C=O) groups is 2. The van der Waals surface area contributed by atoms with Crippen LogP contribution in [0.4, 0.5) is 0 Å². The van der Waals surface area contributed by atoms with E-state index in [1.54, 1.807) is 45.6 Å². The molecule has 4 aromatic carbocycles. The van der Waals surface area contributed by atoms with Crippen LogP contribution in [0.25, 0.3) is 0 Å². The topological polar surface area (TPSA) is 125 Å². The van der Waals surface area contributed by atoms with Crippen LogP contribution >= 0.6 is 0 Å². The van der Waals surface area contributed by atoms with E-state index in [4.69, 9.17) is 33.2 Å². The number of aliphatic hydroxyl groups excluding tert-OH is 1. The summed E-state index contributed by atoms with van der Waals surface area (Å²) in [5, 5.41) is 9.92. The number of rotatable bonds is 11. The minimum Gasteiger partial charge on any atom is -0.493 e.